The van der Waals surface area contributed by atoms with E-state index < -0.39 is 0 Å². The predicted molar refractivity (Wildman–Crippen MR) is 90.2 cm³/mol. The maximum Gasteiger partial charge on any atom is 0.147 e. The quantitative estimate of drug-likeness (QED) is 0.874. The number of rotatable bonds is 3. The van der Waals surface area contributed by atoms with Gasteiger partial charge in [0.05, 0.1) is 5.56 Å². The second kappa shape index (κ2) is 6.47. The van der Waals surface area contributed by atoms with E-state index >= 15 is 0 Å². The Bertz CT molecular complexity index is 679. The van der Waals surface area contributed by atoms with Crippen LogP contribution in [0.2, 0.25) is 0 Å². The molecule has 0 aliphatic carbocycles. The van der Waals surface area contributed by atoms with Crippen molar-refractivity contribution in [3.63, 3.8) is 0 Å². The van der Waals surface area contributed by atoms with E-state index in [1.165, 1.54) is 4.88 Å². The van der Waals surface area contributed by atoms with Crippen LogP contribution in [0.4, 0.5) is 5.82 Å². The molecule has 0 amide bonds. The highest BCUT2D eigenvalue weighted by Crippen LogP contribution is 2.23. The lowest BCUT2D eigenvalue weighted by Crippen LogP contribution is -2.46. The number of piperazine rings is 1. The Kier molecular flexibility index (Phi) is 4.41. The number of aryl methyl sites for hydroxylation is 2. The van der Waals surface area contributed by atoms with Crippen LogP contribution in [0.3, 0.4) is 0 Å². The average Bonchev–Trinajstić information content (AvgIpc) is 3.00. The number of hydrogen-bond donors (Lipinski definition) is 0. The van der Waals surface area contributed by atoms with Crippen LogP contribution in [-0.4, -0.2) is 36.1 Å². The molecular weight excluding hydrogens is 292 g/mol. The summed E-state index contributed by atoms with van der Waals surface area (Å²) in [6.45, 7) is 8.88. The summed E-state index contributed by atoms with van der Waals surface area (Å²) in [5.74, 6) is 0.857. The van der Waals surface area contributed by atoms with Gasteiger partial charge in [0, 0.05) is 43.3 Å². The van der Waals surface area contributed by atoms with Gasteiger partial charge in [-0.15, -0.1) is 11.3 Å². The summed E-state index contributed by atoms with van der Waals surface area (Å²) >= 11 is 1.81. The monoisotopic (exact) mass is 312 g/mol. The van der Waals surface area contributed by atoms with Gasteiger partial charge in [-0.3, -0.25) is 4.90 Å². The van der Waals surface area contributed by atoms with Crippen molar-refractivity contribution < 1.29 is 0 Å². The fourth-order valence-corrected chi connectivity index (χ4v) is 3.67. The molecular formula is C17H20N4S. The summed E-state index contributed by atoms with van der Waals surface area (Å²) in [6.07, 6.45) is 0. The first-order valence-electron chi connectivity index (χ1n) is 7.55. The summed E-state index contributed by atoms with van der Waals surface area (Å²) in [7, 11) is 0. The molecule has 5 heteroatoms. The largest absolute Gasteiger partial charge is 0.353 e. The molecule has 0 unspecified atom stereocenters. The Morgan fingerprint density at radius 3 is 2.68 bits per heavy atom. The van der Waals surface area contributed by atoms with Crippen LogP contribution in [0.25, 0.3) is 0 Å². The minimum Gasteiger partial charge on any atom is -0.353 e. The third-order valence-electron chi connectivity index (χ3n) is 4.07. The van der Waals surface area contributed by atoms with Crippen molar-refractivity contribution in [2.75, 3.05) is 31.1 Å². The molecule has 0 spiro atoms. The lowest BCUT2D eigenvalue weighted by molar-refractivity contribution is 0.251. The highest BCUT2D eigenvalue weighted by Gasteiger charge is 2.21. The van der Waals surface area contributed by atoms with Crippen LogP contribution in [0.5, 0.6) is 0 Å². The molecule has 0 N–H and O–H groups in total. The average molecular weight is 312 g/mol. The number of thiophene rings is 1. The molecule has 0 aromatic carbocycles. The first kappa shape index (κ1) is 15.0. The Morgan fingerprint density at radius 2 is 2.05 bits per heavy atom. The summed E-state index contributed by atoms with van der Waals surface area (Å²) < 4.78 is 0. The summed E-state index contributed by atoms with van der Waals surface area (Å²) in [5, 5.41) is 11.5. The molecule has 3 rings (SSSR count). The fraction of sp³-hybridized carbons (Fsp3) is 0.412. The van der Waals surface area contributed by atoms with Gasteiger partial charge in [0.25, 0.3) is 0 Å². The Labute approximate surface area is 135 Å². The van der Waals surface area contributed by atoms with E-state index in [1.54, 1.807) is 0 Å². The molecule has 1 aliphatic heterocycles. The minimum absolute atomic E-state index is 0.720. The number of nitriles is 1. The maximum atomic E-state index is 9.42. The van der Waals surface area contributed by atoms with Crippen molar-refractivity contribution in [2.45, 2.75) is 20.4 Å². The summed E-state index contributed by atoms with van der Waals surface area (Å²) in [4.78, 5) is 10.8. The Hall–Kier alpha value is -1.90. The second-order valence-electron chi connectivity index (χ2n) is 5.73. The molecule has 114 valence electrons. The molecule has 3 heterocycles. The van der Waals surface area contributed by atoms with Crippen LogP contribution >= 0.6 is 11.3 Å². The molecule has 0 atom stereocenters. The smallest absolute Gasteiger partial charge is 0.147 e. The second-order valence-corrected chi connectivity index (χ2v) is 6.77. The standard InChI is InChI=1S/C17H20N4S/c1-13-10-14(2)19-17(16(13)11-18)21-7-5-20(6-8-21)12-15-4-3-9-22-15/h3-4,9-10H,5-8,12H2,1-2H3. The van der Waals surface area contributed by atoms with E-state index in [-0.39, 0.29) is 0 Å². The van der Waals surface area contributed by atoms with Crippen molar-refractivity contribution in [3.8, 4) is 6.07 Å². The molecule has 4 nitrogen and oxygen atoms in total. The normalized spacial score (nSPS) is 15.8. The van der Waals surface area contributed by atoms with Crippen molar-refractivity contribution >= 4 is 17.2 Å². The van der Waals surface area contributed by atoms with Gasteiger partial charge in [0.1, 0.15) is 11.9 Å². The highest BCUT2D eigenvalue weighted by molar-refractivity contribution is 7.09. The summed E-state index contributed by atoms with van der Waals surface area (Å²) in [5.41, 5.74) is 2.72. The van der Waals surface area contributed by atoms with E-state index in [0.717, 1.165) is 55.4 Å². The molecule has 22 heavy (non-hydrogen) atoms. The van der Waals surface area contributed by atoms with Gasteiger partial charge >= 0.3 is 0 Å². The Balaban J connectivity index is 1.70. The van der Waals surface area contributed by atoms with Crippen molar-refractivity contribution in [3.05, 3.63) is 45.3 Å². The number of hydrogen-bond acceptors (Lipinski definition) is 5. The predicted octanol–water partition coefficient (Wildman–Crippen LogP) is 2.95. The number of nitrogens with zero attached hydrogens (tertiary/aromatic N) is 4. The van der Waals surface area contributed by atoms with E-state index in [1.807, 2.05) is 31.3 Å². The molecule has 1 fully saturated rings. The van der Waals surface area contributed by atoms with Gasteiger partial charge < -0.3 is 4.90 Å². The fourth-order valence-electron chi connectivity index (χ4n) is 2.92. The van der Waals surface area contributed by atoms with E-state index in [4.69, 9.17) is 0 Å². The molecule has 1 saturated heterocycles. The minimum atomic E-state index is 0.720. The van der Waals surface area contributed by atoms with Gasteiger partial charge in [-0.25, -0.2) is 4.98 Å². The topological polar surface area (TPSA) is 43.2 Å². The van der Waals surface area contributed by atoms with Crippen LogP contribution in [0, 0.1) is 25.2 Å². The lowest BCUT2D eigenvalue weighted by Gasteiger charge is -2.35. The third-order valence-corrected chi connectivity index (χ3v) is 4.93. The number of pyridine rings is 1. The van der Waals surface area contributed by atoms with Gasteiger partial charge in [0.15, 0.2) is 0 Å². The van der Waals surface area contributed by atoms with E-state index in [9.17, 15) is 5.26 Å². The van der Waals surface area contributed by atoms with Gasteiger partial charge in [-0.1, -0.05) is 6.07 Å². The first-order valence-corrected chi connectivity index (χ1v) is 8.43. The van der Waals surface area contributed by atoms with Crippen LogP contribution in [0.1, 0.15) is 21.7 Å². The maximum absolute atomic E-state index is 9.42. The molecule has 2 aromatic rings. The van der Waals surface area contributed by atoms with Gasteiger partial charge in [-0.2, -0.15) is 5.26 Å². The van der Waals surface area contributed by atoms with E-state index in [0.29, 0.717) is 0 Å². The van der Waals surface area contributed by atoms with Crippen LogP contribution < -0.4 is 4.90 Å². The molecule has 0 bridgehead atoms. The summed E-state index contributed by atoms with van der Waals surface area (Å²) in [6, 6.07) is 8.60. The van der Waals surface area contributed by atoms with Crippen molar-refractivity contribution in [2.24, 2.45) is 0 Å². The molecule has 2 aromatic heterocycles. The van der Waals surface area contributed by atoms with Gasteiger partial charge in [-0.05, 0) is 36.9 Å². The lowest BCUT2D eigenvalue weighted by atomic mass is 10.1. The Morgan fingerprint density at radius 1 is 1.27 bits per heavy atom. The van der Waals surface area contributed by atoms with Gasteiger partial charge in [0.2, 0.25) is 0 Å². The zero-order chi connectivity index (χ0) is 15.5. The highest BCUT2D eigenvalue weighted by atomic mass is 32.1. The molecule has 0 radical (unpaired) electrons. The zero-order valence-corrected chi connectivity index (χ0v) is 13.9. The zero-order valence-electron chi connectivity index (χ0n) is 13.0. The third kappa shape index (κ3) is 3.13. The SMILES string of the molecule is Cc1cc(C)c(C#N)c(N2CCN(Cc3cccs3)CC2)n1. The van der Waals surface area contributed by atoms with Crippen LogP contribution in [0.15, 0.2) is 23.6 Å². The number of anilines is 1. The van der Waals surface area contributed by atoms with Crippen LogP contribution in [-0.2, 0) is 6.54 Å². The van der Waals surface area contributed by atoms with Crippen molar-refractivity contribution in [1.82, 2.24) is 9.88 Å². The van der Waals surface area contributed by atoms with Crippen molar-refractivity contribution in [1.29, 1.82) is 5.26 Å². The first-order chi connectivity index (χ1) is 10.7. The molecule has 0 saturated carbocycles. The number of aromatic nitrogens is 1. The molecule has 1 aliphatic rings. The van der Waals surface area contributed by atoms with E-state index in [2.05, 4.69) is 38.4 Å².